The molecule has 2 heterocycles. The van der Waals surface area contributed by atoms with Gasteiger partial charge >= 0.3 is 0 Å². The number of aryl methyl sites for hydroxylation is 1. The highest BCUT2D eigenvalue weighted by Gasteiger charge is 1.99. The summed E-state index contributed by atoms with van der Waals surface area (Å²) in [6.45, 7) is 13.3. The first-order chi connectivity index (χ1) is 13.4. The van der Waals surface area contributed by atoms with Gasteiger partial charge in [-0.3, -0.25) is 9.78 Å². The second-order valence-electron chi connectivity index (χ2n) is 6.03. The lowest BCUT2D eigenvalue weighted by atomic mass is 10.3. The Bertz CT molecular complexity index is 730. The molecule has 6 heteroatoms. The normalized spacial score (nSPS) is 10.3. The summed E-state index contributed by atoms with van der Waals surface area (Å²) >= 11 is 0. The van der Waals surface area contributed by atoms with E-state index in [9.17, 15) is 4.79 Å². The van der Waals surface area contributed by atoms with Gasteiger partial charge in [-0.05, 0) is 45.5 Å². The van der Waals surface area contributed by atoms with E-state index in [1.807, 2.05) is 40.0 Å². The Morgan fingerprint density at radius 2 is 2.07 bits per heavy atom. The molecule has 0 saturated heterocycles. The molecule has 0 unspecified atom stereocenters. The van der Waals surface area contributed by atoms with Crippen LogP contribution < -0.4 is 5.32 Å². The van der Waals surface area contributed by atoms with Crippen LogP contribution in [0, 0.1) is 6.92 Å². The molecule has 0 aromatic carbocycles. The number of aromatic amines is 1. The molecule has 0 fully saturated rings. The Kier molecular flexibility index (Phi) is 14.0. The summed E-state index contributed by atoms with van der Waals surface area (Å²) in [4.78, 5) is 17.5. The van der Waals surface area contributed by atoms with Gasteiger partial charge in [0, 0.05) is 24.0 Å². The zero-order valence-electron chi connectivity index (χ0n) is 18.1. The lowest BCUT2D eigenvalue weighted by molar-refractivity contribution is 0.112. The molecule has 0 saturated carbocycles. The smallest absolute Gasteiger partial charge is 0.166 e. The minimum Gasteiger partial charge on any atom is -0.502 e. The van der Waals surface area contributed by atoms with E-state index in [2.05, 4.69) is 34.9 Å². The van der Waals surface area contributed by atoms with E-state index in [0.29, 0.717) is 5.69 Å². The van der Waals surface area contributed by atoms with Crippen LogP contribution in [0.3, 0.4) is 0 Å². The molecule has 0 spiro atoms. The maximum absolute atomic E-state index is 10.4. The standard InChI is InChI=1S/C9H8N2O.C8H17NO.C5H10O/c1-6-2-7-3-8(5-12)11-9(7)4-10-6;1-4-5-8(2)10-7-6-9-3;1-4-5(2)6-3/h2-5,11H,1H3;5,9H,4,6-7H2,1-3H3;2,4H2,1,3H3/b;8-5+;. The topological polar surface area (TPSA) is 76.2 Å². The molecule has 2 aromatic heterocycles. The van der Waals surface area contributed by atoms with Crippen LogP contribution >= 0.6 is 0 Å². The highest BCUT2D eigenvalue weighted by atomic mass is 16.5. The molecule has 0 bridgehead atoms. The third-order valence-electron chi connectivity index (χ3n) is 3.65. The van der Waals surface area contributed by atoms with Crippen molar-refractivity contribution in [3.05, 3.63) is 53.9 Å². The van der Waals surface area contributed by atoms with Crippen LogP contribution in [0.15, 0.2) is 42.5 Å². The van der Waals surface area contributed by atoms with Crippen molar-refractivity contribution < 1.29 is 14.3 Å². The largest absolute Gasteiger partial charge is 0.502 e. The molecular weight excluding hydrogens is 354 g/mol. The number of pyridine rings is 1. The average Bonchev–Trinajstić information content (AvgIpc) is 3.11. The number of carbonyl (C=O) groups is 1. The van der Waals surface area contributed by atoms with E-state index in [-0.39, 0.29) is 0 Å². The number of allylic oxidation sites excluding steroid dienone is 3. The first kappa shape index (κ1) is 25.4. The number of aldehydes is 1. The summed E-state index contributed by atoms with van der Waals surface area (Å²) in [5.74, 6) is 1.87. The summed E-state index contributed by atoms with van der Waals surface area (Å²) in [6, 6.07) is 3.76. The average molecular weight is 390 g/mol. The Hall–Kier alpha value is -2.60. The fourth-order valence-electron chi connectivity index (χ4n) is 2.03. The predicted molar refractivity (Wildman–Crippen MR) is 117 cm³/mol. The van der Waals surface area contributed by atoms with Crippen molar-refractivity contribution in [2.75, 3.05) is 27.3 Å². The van der Waals surface area contributed by atoms with Crippen LogP contribution in [-0.4, -0.2) is 43.6 Å². The van der Waals surface area contributed by atoms with Crippen LogP contribution in [0.2, 0.25) is 0 Å². The molecule has 2 N–H and O–H groups in total. The minimum atomic E-state index is 0.595. The van der Waals surface area contributed by atoms with Crippen molar-refractivity contribution in [2.24, 2.45) is 0 Å². The number of likely N-dealkylation sites (N-methyl/N-ethyl adjacent to an activating group) is 1. The lowest BCUT2D eigenvalue weighted by Crippen LogP contribution is -2.13. The number of rotatable bonds is 8. The first-order valence-corrected chi connectivity index (χ1v) is 9.48. The number of hydrogen-bond donors (Lipinski definition) is 2. The van der Waals surface area contributed by atoms with Crippen LogP contribution in [0.4, 0.5) is 0 Å². The molecule has 0 aliphatic rings. The third kappa shape index (κ3) is 11.2. The highest BCUT2D eigenvalue weighted by Crippen LogP contribution is 2.13. The third-order valence-corrected chi connectivity index (χ3v) is 3.65. The van der Waals surface area contributed by atoms with Crippen molar-refractivity contribution in [1.82, 2.24) is 15.3 Å². The Morgan fingerprint density at radius 3 is 2.57 bits per heavy atom. The molecule has 156 valence electrons. The van der Waals surface area contributed by atoms with Crippen LogP contribution in [0.1, 0.15) is 49.8 Å². The molecule has 2 rings (SSSR count). The van der Waals surface area contributed by atoms with E-state index in [1.54, 1.807) is 13.3 Å². The number of nitrogens with zero attached hydrogens (tertiary/aromatic N) is 1. The van der Waals surface area contributed by atoms with Gasteiger partial charge in [0.25, 0.3) is 0 Å². The molecule has 2 aromatic rings. The van der Waals surface area contributed by atoms with Crippen LogP contribution in [-0.2, 0) is 9.47 Å². The number of nitrogens with one attached hydrogen (secondary N) is 2. The lowest BCUT2D eigenvalue weighted by Gasteiger charge is -2.04. The van der Waals surface area contributed by atoms with Gasteiger partial charge in [0.15, 0.2) is 6.29 Å². The summed E-state index contributed by atoms with van der Waals surface area (Å²) < 4.78 is 10.0. The van der Waals surface area contributed by atoms with Gasteiger partial charge in [0.1, 0.15) is 6.61 Å². The number of ether oxygens (including phenoxy) is 2. The van der Waals surface area contributed by atoms with Crippen molar-refractivity contribution >= 4 is 17.2 Å². The molecule has 6 nitrogen and oxygen atoms in total. The predicted octanol–water partition coefficient (Wildman–Crippen LogP) is 4.78. The van der Waals surface area contributed by atoms with Crippen LogP contribution in [0.25, 0.3) is 10.9 Å². The summed E-state index contributed by atoms with van der Waals surface area (Å²) in [7, 11) is 3.55. The molecule has 28 heavy (non-hydrogen) atoms. The summed E-state index contributed by atoms with van der Waals surface area (Å²) in [5, 5.41) is 4.04. The van der Waals surface area contributed by atoms with Crippen molar-refractivity contribution in [2.45, 2.75) is 40.5 Å². The van der Waals surface area contributed by atoms with Gasteiger partial charge in [-0.2, -0.15) is 0 Å². The van der Waals surface area contributed by atoms with Gasteiger partial charge < -0.3 is 19.8 Å². The fourth-order valence-corrected chi connectivity index (χ4v) is 2.03. The van der Waals surface area contributed by atoms with Gasteiger partial charge in [0.05, 0.1) is 36.0 Å². The zero-order chi connectivity index (χ0) is 21.4. The van der Waals surface area contributed by atoms with Gasteiger partial charge in [-0.15, -0.1) is 0 Å². The number of fused-ring (bicyclic) bond motifs is 1. The Balaban J connectivity index is 0.000000416. The summed E-state index contributed by atoms with van der Waals surface area (Å²) in [5.41, 5.74) is 2.46. The van der Waals surface area contributed by atoms with E-state index in [1.165, 1.54) is 0 Å². The minimum absolute atomic E-state index is 0.595. The van der Waals surface area contributed by atoms with E-state index in [0.717, 1.165) is 60.4 Å². The quantitative estimate of drug-likeness (QED) is 0.386. The zero-order valence-corrected chi connectivity index (χ0v) is 18.1. The van der Waals surface area contributed by atoms with Gasteiger partial charge in [0.2, 0.25) is 0 Å². The molecule has 0 aliphatic carbocycles. The second-order valence-corrected chi connectivity index (χ2v) is 6.03. The SMILES string of the molecule is C=C(CC)OC.CC/C=C(\C)OCCNC.Cc1cc2cc(C=O)[nH]c2cn1. The van der Waals surface area contributed by atoms with Gasteiger partial charge in [-0.1, -0.05) is 20.4 Å². The number of aromatic nitrogens is 2. The Labute approximate surface area is 169 Å². The van der Waals surface area contributed by atoms with E-state index >= 15 is 0 Å². The fraction of sp³-hybridized carbons (Fsp3) is 0.455. The molecule has 0 radical (unpaired) electrons. The number of methoxy groups -OCH3 is 1. The van der Waals surface area contributed by atoms with Crippen molar-refractivity contribution in [3.63, 3.8) is 0 Å². The first-order valence-electron chi connectivity index (χ1n) is 9.48. The maximum atomic E-state index is 10.4. The van der Waals surface area contributed by atoms with Crippen LogP contribution in [0.5, 0.6) is 0 Å². The molecule has 0 amide bonds. The second kappa shape index (κ2) is 15.5. The maximum Gasteiger partial charge on any atom is 0.166 e. The van der Waals surface area contributed by atoms with Gasteiger partial charge in [-0.25, -0.2) is 0 Å². The molecule has 0 aliphatic heterocycles. The van der Waals surface area contributed by atoms with E-state index < -0.39 is 0 Å². The van der Waals surface area contributed by atoms with Crippen molar-refractivity contribution in [1.29, 1.82) is 0 Å². The number of H-pyrrole nitrogens is 1. The number of hydrogen-bond acceptors (Lipinski definition) is 5. The molecular formula is C22H35N3O3. The summed E-state index contributed by atoms with van der Waals surface area (Å²) in [6.07, 6.45) is 6.57. The van der Waals surface area contributed by atoms with Crippen molar-refractivity contribution in [3.8, 4) is 0 Å². The Morgan fingerprint density at radius 1 is 1.36 bits per heavy atom. The monoisotopic (exact) mass is 389 g/mol. The highest BCUT2D eigenvalue weighted by molar-refractivity contribution is 5.87. The number of carbonyl (C=O) groups excluding carboxylic acids is 1. The molecule has 0 atom stereocenters. The van der Waals surface area contributed by atoms with E-state index in [4.69, 9.17) is 9.47 Å².